The SMILES string of the molecule is CCCc1scc(I)c1C. The Morgan fingerprint density at radius 3 is 2.70 bits per heavy atom. The van der Waals surface area contributed by atoms with Crippen LogP contribution in [0.5, 0.6) is 0 Å². The van der Waals surface area contributed by atoms with Crippen molar-refractivity contribution in [2.45, 2.75) is 26.7 Å². The fraction of sp³-hybridized carbons (Fsp3) is 0.500. The van der Waals surface area contributed by atoms with E-state index in [1.54, 1.807) is 4.88 Å². The molecule has 0 amide bonds. The maximum absolute atomic E-state index is 2.40. The van der Waals surface area contributed by atoms with Gasteiger partial charge in [0.25, 0.3) is 0 Å². The van der Waals surface area contributed by atoms with Crippen molar-refractivity contribution in [3.63, 3.8) is 0 Å². The first-order chi connectivity index (χ1) is 4.75. The van der Waals surface area contributed by atoms with Crippen LogP contribution >= 0.6 is 33.9 Å². The van der Waals surface area contributed by atoms with E-state index in [1.165, 1.54) is 22.0 Å². The number of halogens is 1. The third-order valence-electron chi connectivity index (χ3n) is 1.56. The van der Waals surface area contributed by atoms with Crippen LogP contribution in [0.15, 0.2) is 5.38 Å². The van der Waals surface area contributed by atoms with Crippen molar-refractivity contribution in [3.05, 3.63) is 19.4 Å². The van der Waals surface area contributed by atoms with Crippen LogP contribution in [0.3, 0.4) is 0 Å². The van der Waals surface area contributed by atoms with Gasteiger partial charge in [-0.1, -0.05) is 13.3 Å². The Balaban J connectivity index is 2.83. The van der Waals surface area contributed by atoms with Gasteiger partial charge in [0.1, 0.15) is 0 Å². The van der Waals surface area contributed by atoms with Gasteiger partial charge < -0.3 is 0 Å². The molecule has 2 heteroatoms. The molecule has 1 heterocycles. The number of hydrogen-bond donors (Lipinski definition) is 0. The van der Waals surface area contributed by atoms with Crippen LogP contribution in [0.25, 0.3) is 0 Å². The van der Waals surface area contributed by atoms with Crippen LogP contribution in [0.2, 0.25) is 0 Å². The summed E-state index contributed by atoms with van der Waals surface area (Å²) in [6, 6.07) is 0. The second-order valence-corrected chi connectivity index (χ2v) is 4.51. The molecule has 0 radical (unpaired) electrons. The van der Waals surface area contributed by atoms with Crippen LogP contribution in [-0.2, 0) is 6.42 Å². The van der Waals surface area contributed by atoms with Crippen LogP contribution in [-0.4, -0.2) is 0 Å². The van der Waals surface area contributed by atoms with Gasteiger partial charge in [0.05, 0.1) is 0 Å². The molecule has 56 valence electrons. The van der Waals surface area contributed by atoms with E-state index >= 15 is 0 Å². The third-order valence-corrected chi connectivity index (χ3v) is 4.25. The fourth-order valence-electron chi connectivity index (χ4n) is 0.906. The van der Waals surface area contributed by atoms with Crippen LogP contribution in [0, 0.1) is 10.5 Å². The van der Waals surface area contributed by atoms with Crippen molar-refractivity contribution in [2.75, 3.05) is 0 Å². The van der Waals surface area contributed by atoms with Gasteiger partial charge in [-0.05, 0) is 41.5 Å². The number of hydrogen-bond acceptors (Lipinski definition) is 1. The molecule has 1 rings (SSSR count). The molecule has 0 saturated heterocycles. The first kappa shape index (κ1) is 8.53. The van der Waals surface area contributed by atoms with E-state index in [4.69, 9.17) is 0 Å². The van der Waals surface area contributed by atoms with Gasteiger partial charge in [0.15, 0.2) is 0 Å². The summed E-state index contributed by atoms with van der Waals surface area (Å²) in [5.41, 5.74) is 1.49. The Bertz CT molecular complexity index is 215. The van der Waals surface area contributed by atoms with Crippen molar-refractivity contribution in [1.82, 2.24) is 0 Å². The molecule has 0 aliphatic heterocycles. The second-order valence-electron chi connectivity index (χ2n) is 2.38. The highest BCUT2D eigenvalue weighted by Crippen LogP contribution is 2.23. The van der Waals surface area contributed by atoms with E-state index in [-0.39, 0.29) is 0 Å². The quantitative estimate of drug-likeness (QED) is 0.717. The lowest BCUT2D eigenvalue weighted by Crippen LogP contribution is -1.80. The molecular formula is C8H11IS. The van der Waals surface area contributed by atoms with E-state index in [0.29, 0.717) is 0 Å². The molecule has 0 aliphatic carbocycles. The highest BCUT2D eigenvalue weighted by atomic mass is 127. The zero-order chi connectivity index (χ0) is 7.56. The molecule has 1 aromatic heterocycles. The molecule has 0 fully saturated rings. The maximum atomic E-state index is 2.40. The van der Waals surface area contributed by atoms with Gasteiger partial charge >= 0.3 is 0 Å². The lowest BCUT2D eigenvalue weighted by atomic mass is 10.2. The summed E-state index contributed by atoms with van der Waals surface area (Å²) in [6.45, 7) is 4.44. The van der Waals surface area contributed by atoms with Crippen molar-refractivity contribution < 1.29 is 0 Å². The predicted octanol–water partition coefficient (Wildman–Crippen LogP) is 3.61. The Hall–Kier alpha value is 0.430. The highest BCUT2D eigenvalue weighted by Gasteiger charge is 2.02. The van der Waals surface area contributed by atoms with E-state index in [0.717, 1.165) is 0 Å². The minimum absolute atomic E-state index is 1.25. The molecule has 0 bridgehead atoms. The summed E-state index contributed by atoms with van der Waals surface area (Å²) in [5, 5.41) is 2.24. The van der Waals surface area contributed by atoms with E-state index < -0.39 is 0 Å². The molecule has 0 spiro atoms. The standard InChI is InChI=1S/C8H11IS/c1-3-4-8-6(2)7(9)5-10-8/h5H,3-4H2,1-2H3. The zero-order valence-electron chi connectivity index (χ0n) is 6.28. The van der Waals surface area contributed by atoms with Crippen molar-refractivity contribution in [3.8, 4) is 0 Å². The molecule has 0 saturated carbocycles. The average Bonchev–Trinajstić information content (AvgIpc) is 2.20. The number of aryl methyl sites for hydroxylation is 1. The average molecular weight is 266 g/mol. The van der Waals surface area contributed by atoms with E-state index in [9.17, 15) is 0 Å². The Morgan fingerprint density at radius 1 is 1.60 bits per heavy atom. The molecule has 0 atom stereocenters. The molecule has 0 N–H and O–H groups in total. The smallest absolute Gasteiger partial charge is 0.0269 e. The molecule has 10 heavy (non-hydrogen) atoms. The highest BCUT2D eigenvalue weighted by molar-refractivity contribution is 14.1. The minimum Gasteiger partial charge on any atom is -0.148 e. The van der Waals surface area contributed by atoms with E-state index in [2.05, 4.69) is 41.8 Å². The molecule has 0 unspecified atom stereocenters. The molecule has 0 aliphatic rings. The summed E-state index contributed by atoms with van der Waals surface area (Å²) in [4.78, 5) is 1.56. The lowest BCUT2D eigenvalue weighted by Gasteiger charge is -1.94. The molecule has 0 aromatic carbocycles. The second kappa shape index (κ2) is 3.72. The van der Waals surface area contributed by atoms with Gasteiger partial charge in [-0.2, -0.15) is 0 Å². The normalized spacial score (nSPS) is 10.3. The maximum Gasteiger partial charge on any atom is 0.0269 e. The van der Waals surface area contributed by atoms with Gasteiger partial charge in [0.2, 0.25) is 0 Å². The topological polar surface area (TPSA) is 0 Å². The van der Waals surface area contributed by atoms with Crippen molar-refractivity contribution in [2.24, 2.45) is 0 Å². The van der Waals surface area contributed by atoms with Gasteiger partial charge in [-0.15, -0.1) is 11.3 Å². The fourth-order valence-corrected chi connectivity index (χ4v) is 2.83. The summed E-state index contributed by atoms with van der Waals surface area (Å²) >= 11 is 4.29. The number of rotatable bonds is 2. The lowest BCUT2D eigenvalue weighted by molar-refractivity contribution is 0.932. The Kier molecular flexibility index (Phi) is 3.17. The summed E-state index contributed by atoms with van der Waals surface area (Å²) in [5.74, 6) is 0. The first-order valence-corrected chi connectivity index (χ1v) is 5.44. The Labute approximate surface area is 79.8 Å². The minimum atomic E-state index is 1.25. The van der Waals surface area contributed by atoms with Gasteiger partial charge in [0, 0.05) is 13.8 Å². The largest absolute Gasteiger partial charge is 0.148 e. The van der Waals surface area contributed by atoms with Gasteiger partial charge in [-0.25, -0.2) is 0 Å². The van der Waals surface area contributed by atoms with Crippen molar-refractivity contribution in [1.29, 1.82) is 0 Å². The monoisotopic (exact) mass is 266 g/mol. The molecule has 1 aromatic rings. The molecule has 0 nitrogen and oxygen atoms in total. The third kappa shape index (κ3) is 1.72. The van der Waals surface area contributed by atoms with Gasteiger partial charge in [-0.3, -0.25) is 0 Å². The summed E-state index contributed by atoms with van der Waals surface area (Å²) in [6.07, 6.45) is 2.51. The van der Waals surface area contributed by atoms with Crippen LogP contribution in [0.4, 0.5) is 0 Å². The Morgan fingerprint density at radius 2 is 2.30 bits per heavy atom. The van der Waals surface area contributed by atoms with Crippen molar-refractivity contribution >= 4 is 33.9 Å². The van der Waals surface area contributed by atoms with E-state index in [1.807, 2.05) is 11.3 Å². The zero-order valence-corrected chi connectivity index (χ0v) is 9.25. The molecular weight excluding hydrogens is 255 g/mol. The summed E-state index contributed by atoms with van der Waals surface area (Å²) in [7, 11) is 0. The van der Waals surface area contributed by atoms with Crippen LogP contribution < -0.4 is 0 Å². The predicted molar refractivity (Wildman–Crippen MR) is 55.8 cm³/mol. The summed E-state index contributed by atoms with van der Waals surface area (Å²) < 4.78 is 1.42. The van der Waals surface area contributed by atoms with Crippen LogP contribution in [0.1, 0.15) is 23.8 Å². The first-order valence-electron chi connectivity index (χ1n) is 3.48. The number of thiophene rings is 1.